The van der Waals surface area contributed by atoms with E-state index in [0.717, 1.165) is 5.57 Å². The normalized spacial score (nSPS) is 18.4. The number of aromatic hydroxyl groups is 1. The van der Waals surface area contributed by atoms with Crippen LogP contribution in [0.15, 0.2) is 41.4 Å². The number of phenols is 1. The molecule has 2 aromatic heterocycles. The molecule has 2 atom stereocenters. The van der Waals surface area contributed by atoms with Crippen molar-refractivity contribution in [3.8, 4) is 23.1 Å². The van der Waals surface area contributed by atoms with Gasteiger partial charge in [-0.2, -0.15) is 5.26 Å². The van der Waals surface area contributed by atoms with E-state index in [1.54, 1.807) is 4.90 Å². The highest BCUT2D eigenvalue weighted by Gasteiger charge is 2.35. The van der Waals surface area contributed by atoms with Gasteiger partial charge in [-0.1, -0.05) is 55.2 Å². The van der Waals surface area contributed by atoms with Gasteiger partial charge >= 0.3 is 0 Å². The predicted molar refractivity (Wildman–Crippen MR) is 181 cm³/mol. The van der Waals surface area contributed by atoms with Crippen molar-refractivity contribution >= 4 is 63.1 Å². The topological polar surface area (TPSA) is 106 Å². The zero-order valence-electron chi connectivity index (χ0n) is 26.2. The number of benzene rings is 1. The number of phenolic OH excluding ortho intramolecular Hbond substituents is 1. The second-order valence-corrected chi connectivity index (χ2v) is 13.1. The average Bonchev–Trinajstić information content (AvgIpc) is 3.03. The van der Waals surface area contributed by atoms with Gasteiger partial charge in [0.1, 0.15) is 22.3 Å². The van der Waals surface area contributed by atoms with Gasteiger partial charge in [0.15, 0.2) is 17.4 Å². The molecule has 0 bridgehead atoms. The van der Waals surface area contributed by atoms with Crippen LogP contribution >= 0.6 is 34.8 Å². The highest BCUT2D eigenvalue weighted by Crippen LogP contribution is 2.46. The zero-order valence-corrected chi connectivity index (χ0v) is 28.5. The van der Waals surface area contributed by atoms with Crippen LogP contribution in [0.1, 0.15) is 33.3 Å². The maximum absolute atomic E-state index is 15.6. The molecule has 1 fully saturated rings. The summed E-state index contributed by atoms with van der Waals surface area (Å²) in [6.07, 6.45) is 4.94. The SMILES string of the molecule is C=CC(=O)N1CCN(c2c(C#N)c(=O)n(C3=C(C)C=CN(C)C3C(C)C)c3nc(-c4c(F)c(Cl)c(F)c(O)c4Cl)c(Cl)cc23)C[C@H]1C. The Labute approximate surface area is 285 Å². The summed E-state index contributed by atoms with van der Waals surface area (Å²) in [5.74, 6) is -4.12. The second kappa shape index (κ2) is 12.8. The average molecular weight is 704 g/mol. The maximum Gasteiger partial charge on any atom is 0.276 e. The minimum absolute atomic E-state index is 0.0137. The number of hydrogen-bond acceptors (Lipinski definition) is 7. The summed E-state index contributed by atoms with van der Waals surface area (Å²) >= 11 is 18.9. The molecule has 0 saturated carbocycles. The Morgan fingerprint density at radius 1 is 1.21 bits per heavy atom. The fourth-order valence-electron chi connectivity index (χ4n) is 6.46. The molecule has 0 spiro atoms. The third-order valence-corrected chi connectivity index (χ3v) is 9.61. The number of carbonyl (C=O) groups is 1. The van der Waals surface area contributed by atoms with Crippen LogP contribution in [0.2, 0.25) is 15.1 Å². The number of nitriles is 1. The van der Waals surface area contributed by atoms with Crippen molar-refractivity contribution in [2.45, 2.75) is 39.8 Å². The van der Waals surface area contributed by atoms with Crippen molar-refractivity contribution in [2.24, 2.45) is 5.92 Å². The summed E-state index contributed by atoms with van der Waals surface area (Å²) in [5, 5.41) is 19.2. The monoisotopic (exact) mass is 702 g/mol. The maximum atomic E-state index is 15.6. The first-order valence-electron chi connectivity index (χ1n) is 14.7. The molecule has 1 N–H and O–H groups in total. The summed E-state index contributed by atoms with van der Waals surface area (Å²) in [6, 6.07) is 2.87. The summed E-state index contributed by atoms with van der Waals surface area (Å²) in [5.41, 5.74) is -0.218. The molecule has 3 aromatic rings. The molecule has 2 aliphatic heterocycles. The van der Waals surface area contributed by atoms with Crippen molar-refractivity contribution in [3.63, 3.8) is 0 Å². The van der Waals surface area contributed by atoms with Crippen LogP contribution in [0.3, 0.4) is 0 Å². The Kier molecular flexibility index (Phi) is 9.34. The van der Waals surface area contributed by atoms with Gasteiger partial charge in [-0.25, -0.2) is 13.8 Å². The number of rotatable bonds is 5. The van der Waals surface area contributed by atoms with Crippen molar-refractivity contribution in [2.75, 3.05) is 31.6 Å². The minimum atomic E-state index is -1.45. The van der Waals surface area contributed by atoms with E-state index in [0.29, 0.717) is 11.1 Å². The van der Waals surface area contributed by atoms with E-state index >= 15 is 4.39 Å². The largest absolute Gasteiger partial charge is 0.504 e. The molecule has 246 valence electrons. The quantitative estimate of drug-likeness (QED) is 0.177. The van der Waals surface area contributed by atoms with Crippen molar-refractivity contribution in [1.29, 1.82) is 5.26 Å². The number of amides is 1. The first kappa shape index (κ1) is 34.2. The number of fused-ring (bicyclic) bond motifs is 1. The molecule has 14 heteroatoms. The number of pyridine rings is 2. The van der Waals surface area contributed by atoms with Crippen molar-refractivity contribution < 1.29 is 18.7 Å². The van der Waals surface area contributed by atoms with E-state index in [9.17, 15) is 24.3 Å². The van der Waals surface area contributed by atoms with Gasteiger partial charge in [0.2, 0.25) is 5.91 Å². The Balaban J connectivity index is 1.92. The van der Waals surface area contributed by atoms with Crippen LogP contribution in [-0.2, 0) is 4.79 Å². The van der Waals surface area contributed by atoms with Crippen LogP contribution in [0.5, 0.6) is 5.75 Å². The first-order chi connectivity index (χ1) is 22.2. The third-order valence-electron chi connectivity index (χ3n) is 8.62. The molecule has 9 nitrogen and oxygen atoms in total. The molecule has 0 radical (unpaired) electrons. The smallest absolute Gasteiger partial charge is 0.276 e. The lowest BCUT2D eigenvalue weighted by Crippen LogP contribution is -2.54. The lowest BCUT2D eigenvalue weighted by molar-refractivity contribution is -0.128. The molecule has 1 saturated heterocycles. The first-order valence-corrected chi connectivity index (χ1v) is 15.8. The number of likely N-dealkylation sites (N-methyl/N-ethyl adjacent to an activating group) is 1. The van der Waals surface area contributed by atoms with Crippen LogP contribution in [-0.4, -0.2) is 69.1 Å². The highest BCUT2D eigenvalue weighted by molar-refractivity contribution is 6.39. The van der Waals surface area contributed by atoms with Crippen molar-refractivity contribution in [3.05, 3.63) is 79.2 Å². The van der Waals surface area contributed by atoms with Gasteiger partial charge in [-0.05, 0) is 49.8 Å². The Bertz CT molecular complexity index is 1990. The summed E-state index contributed by atoms with van der Waals surface area (Å²) < 4.78 is 31.4. The zero-order chi connectivity index (χ0) is 34.6. The van der Waals surface area contributed by atoms with Gasteiger partial charge in [-0.15, -0.1) is 0 Å². The molecule has 5 rings (SSSR count). The molecular formula is C33H31Cl3F2N6O3. The molecule has 1 amide bonds. The number of anilines is 1. The fourth-order valence-corrected chi connectivity index (χ4v) is 7.14. The molecule has 1 unspecified atom stereocenters. The lowest BCUT2D eigenvalue weighted by atomic mass is 9.93. The number of hydrogen-bond donors (Lipinski definition) is 1. The van der Waals surface area contributed by atoms with Gasteiger partial charge in [0.05, 0.1) is 38.7 Å². The number of nitrogens with zero attached hydrogens (tertiary/aromatic N) is 6. The fraction of sp³-hybridized carbons (Fsp3) is 0.333. The minimum Gasteiger partial charge on any atom is -0.504 e. The molecular weight excluding hydrogens is 673 g/mol. The molecule has 47 heavy (non-hydrogen) atoms. The standard InChI is InChI=1S/C33H31Cl3F2N6O3/c1-7-21(45)43-11-10-42(14-17(43)5)30-18-12-20(34)27(22-23(35)31(46)26(38)24(36)25(22)37)40-32(18)44(33(47)19(30)13-39)29-16(4)8-9-41(6)28(29)15(2)3/h7-9,12,15,17,28,46H,1,10-11,14H2,2-6H3/t17-,28?/m1/s1. The summed E-state index contributed by atoms with van der Waals surface area (Å²) in [6.45, 7) is 12.0. The van der Waals surface area contributed by atoms with E-state index in [1.165, 1.54) is 16.7 Å². The van der Waals surface area contributed by atoms with Crippen LogP contribution in [0.25, 0.3) is 28.0 Å². The van der Waals surface area contributed by atoms with E-state index in [1.807, 2.05) is 56.8 Å². The third kappa shape index (κ3) is 5.52. The van der Waals surface area contributed by atoms with Gasteiger partial charge < -0.3 is 19.8 Å². The number of halogens is 5. The number of carbonyl (C=O) groups excluding carboxylic acids is 1. The highest BCUT2D eigenvalue weighted by atomic mass is 35.5. The molecule has 1 aromatic carbocycles. The van der Waals surface area contributed by atoms with Crippen LogP contribution in [0, 0.1) is 28.9 Å². The number of allylic oxidation sites excluding steroid dienone is 2. The van der Waals surface area contributed by atoms with Gasteiger partial charge in [0.25, 0.3) is 5.56 Å². The van der Waals surface area contributed by atoms with E-state index < -0.39 is 38.6 Å². The van der Waals surface area contributed by atoms with Crippen LogP contribution in [0.4, 0.5) is 14.5 Å². The lowest BCUT2D eigenvalue weighted by Gasteiger charge is -2.41. The van der Waals surface area contributed by atoms with E-state index in [-0.39, 0.29) is 71.2 Å². The molecule has 2 aliphatic rings. The van der Waals surface area contributed by atoms with Crippen molar-refractivity contribution in [1.82, 2.24) is 19.4 Å². The van der Waals surface area contributed by atoms with E-state index in [4.69, 9.17) is 39.8 Å². The van der Waals surface area contributed by atoms with Gasteiger partial charge in [-0.3, -0.25) is 14.2 Å². The molecule has 0 aliphatic carbocycles. The predicted octanol–water partition coefficient (Wildman–Crippen LogP) is 6.82. The number of aromatic nitrogens is 2. The Morgan fingerprint density at radius 3 is 2.49 bits per heavy atom. The second-order valence-electron chi connectivity index (χ2n) is 11.9. The Morgan fingerprint density at radius 2 is 1.89 bits per heavy atom. The van der Waals surface area contributed by atoms with Gasteiger partial charge in [0, 0.05) is 38.1 Å². The number of piperazine rings is 1. The summed E-state index contributed by atoms with van der Waals surface area (Å²) in [4.78, 5) is 37.2. The molecule has 4 heterocycles. The Hall–Kier alpha value is -4.11. The van der Waals surface area contributed by atoms with Crippen LogP contribution < -0.4 is 10.5 Å². The summed E-state index contributed by atoms with van der Waals surface area (Å²) in [7, 11) is 1.86. The van der Waals surface area contributed by atoms with E-state index in [2.05, 4.69) is 12.6 Å².